The van der Waals surface area contributed by atoms with Gasteiger partial charge in [-0.1, -0.05) is 12.1 Å². The summed E-state index contributed by atoms with van der Waals surface area (Å²) in [5.74, 6) is -1.26. The van der Waals surface area contributed by atoms with Gasteiger partial charge in [0.25, 0.3) is 0 Å². The van der Waals surface area contributed by atoms with Gasteiger partial charge in [0.15, 0.2) is 6.10 Å². The third-order valence-electron chi connectivity index (χ3n) is 3.48. The van der Waals surface area contributed by atoms with Gasteiger partial charge < -0.3 is 9.47 Å². The molecule has 0 bridgehead atoms. The van der Waals surface area contributed by atoms with Crippen molar-refractivity contribution in [2.45, 2.75) is 19.6 Å². The summed E-state index contributed by atoms with van der Waals surface area (Å²) in [6.07, 6.45) is 1.62. The Morgan fingerprint density at radius 1 is 1.07 bits per heavy atom. The van der Waals surface area contributed by atoms with Crippen LogP contribution in [0.1, 0.15) is 28.4 Å². The molecule has 0 radical (unpaired) electrons. The predicted molar refractivity (Wildman–Crippen MR) is 93.1 cm³/mol. The summed E-state index contributed by atoms with van der Waals surface area (Å²) in [5.41, 5.74) is 1.39. The first-order chi connectivity index (χ1) is 12.9. The summed E-state index contributed by atoms with van der Waals surface area (Å²) in [6, 6.07) is 13.6. The number of Topliss-reactive ketones (excluding diaryl/α,β-unsaturated/α-hetero) is 1. The van der Waals surface area contributed by atoms with Crippen molar-refractivity contribution in [3.8, 4) is 11.8 Å². The molecule has 0 spiro atoms. The lowest BCUT2D eigenvalue weighted by molar-refractivity contribution is -0.140. The summed E-state index contributed by atoms with van der Waals surface area (Å²) in [6.45, 7) is -1.53. The highest BCUT2D eigenvalue weighted by molar-refractivity contribution is 6.01. The molecule has 1 atom stereocenters. The highest BCUT2D eigenvalue weighted by Crippen LogP contribution is 2.16. The normalized spacial score (nSPS) is 11.8. The molecule has 0 aromatic heterocycles. The van der Waals surface area contributed by atoms with Gasteiger partial charge in [0.05, 0.1) is 11.6 Å². The van der Waals surface area contributed by atoms with E-state index in [1.807, 2.05) is 6.07 Å². The largest absolute Gasteiger partial charge is 0.451 e. The number of hydrogen-bond acceptors (Lipinski definition) is 5. The fourth-order valence-corrected chi connectivity index (χ4v) is 2.14. The molecule has 138 valence electrons. The molecule has 27 heavy (non-hydrogen) atoms. The lowest BCUT2D eigenvalue weighted by Gasteiger charge is -2.11. The number of carbonyl (C=O) groups excluding carboxylic acids is 2. The molecule has 0 saturated carbocycles. The molecular weight excluding hydrogens is 356 g/mol. The van der Waals surface area contributed by atoms with Crippen molar-refractivity contribution in [2.75, 3.05) is 0 Å². The van der Waals surface area contributed by atoms with Gasteiger partial charge >= 0.3 is 12.6 Å². The number of benzene rings is 2. The van der Waals surface area contributed by atoms with Gasteiger partial charge in [-0.25, -0.2) is 4.79 Å². The SMILES string of the molecule is C[C@@H](OC(=O)/C=C/c1ccc(C#N)cc1)C(=O)c1ccc(OC(F)F)cc1. The minimum Gasteiger partial charge on any atom is -0.451 e. The lowest BCUT2D eigenvalue weighted by Crippen LogP contribution is -2.23. The van der Waals surface area contributed by atoms with E-state index in [0.29, 0.717) is 11.1 Å². The maximum absolute atomic E-state index is 12.2. The molecule has 2 rings (SSSR count). The van der Waals surface area contributed by atoms with E-state index in [1.54, 1.807) is 24.3 Å². The van der Waals surface area contributed by atoms with Gasteiger partial charge in [-0.05, 0) is 55.0 Å². The number of hydrogen-bond donors (Lipinski definition) is 0. The van der Waals surface area contributed by atoms with Crippen molar-refractivity contribution in [1.82, 2.24) is 0 Å². The number of ether oxygens (including phenoxy) is 2. The second-order valence-electron chi connectivity index (χ2n) is 5.41. The summed E-state index contributed by atoms with van der Waals surface area (Å²) in [4.78, 5) is 24.1. The van der Waals surface area contributed by atoms with E-state index in [9.17, 15) is 18.4 Å². The minimum absolute atomic E-state index is 0.0726. The molecule has 0 amide bonds. The van der Waals surface area contributed by atoms with Crippen molar-refractivity contribution in [2.24, 2.45) is 0 Å². The van der Waals surface area contributed by atoms with Crippen LogP contribution in [0, 0.1) is 11.3 Å². The maximum Gasteiger partial charge on any atom is 0.387 e. The van der Waals surface area contributed by atoms with Crippen LogP contribution in [0.2, 0.25) is 0 Å². The summed E-state index contributed by atoms with van der Waals surface area (Å²) in [7, 11) is 0. The number of ketones is 1. The highest BCUT2D eigenvalue weighted by atomic mass is 19.3. The van der Waals surface area contributed by atoms with Gasteiger partial charge in [0.1, 0.15) is 5.75 Å². The molecule has 0 aliphatic heterocycles. The number of esters is 1. The van der Waals surface area contributed by atoms with Gasteiger partial charge in [-0.2, -0.15) is 14.0 Å². The molecule has 5 nitrogen and oxygen atoms in total. The van der Waals surface area contributed by atoms with Crippen LogP contribution >= 0.6 is 0 Å². The monoisotopic (exact) mass is 371 g/mol. The Bertz CT molecular complexity index is 868. The Morgan fingerprint density at radius 3 is 2.26 bits per heavy atom. The fourth-order valence-electron chi connectivity index (χ4n) is 2.14. The van der Waals surface area contributed by atoms with Crippen LogP contribution in [0.5, 0.6) is 5.75 Å². The predicted octanol–water partition coefficient (Wildman–Crippen LogP) is 3.99. The average Bonchev–Trinajstić information content (AvgIpc) is 2.66. The number of rotatable bonds is 7. The maximum atomic E-state index is 12.2. The Hall–Kier alpha value is -3.53. The van der Waals surface area contributed by atoms with Crippen LogP contribution in [-0.2, 0) is 9.53 Å². The summed E-state index contributed by atoms with van der Waals surface area (Å²) < 4.78 is 33.5. The number of halogens is 2. The van der Waals surface area contributed by atoms with Gasteiger partial charge in [-0.15, -0.1) is 0 Å². The van der Waals surface area contributed by atoms with Crippen LogP contribution < -0.4 is 4.74 Å². The van der Waals surface area contributed by atoms with Crippen LogP contribution in [0.4, 0.5) is 8.78 Å². The van der Waals surface area contributed by atoms with E-state index in [1.165, 1.54) is 43.3 Å². The number of nitriles is 1. The fraction of sp³-hybridized carbons (Fsp3) is 0.150. The third kappa shape index (κ3) is 6.04. The molecule has 0 heterocycles. The van der Waals surface area contributed by atoms with E-state index in [0.717, 1.165) is 0 Å². The minimum atomic E-state index is -2.95. The lowest BCUT2D eigenvalue weighted by atomic mass is 10.1. The Morgan fingerprint density at radius 2 is 1.70 bits per heavy atom. The van der Waals surface area contributed by atoms with Gasteiger partial charge in [0.2, 0.25) is 5.78 Å². The molecule has 0 aliphatic carbocycles. The third-order valence-corrected chi connectivity index (χ3v) is 3.48. The zero-order valence-electron chi connectivity index (χ0n) is 14.3. The number of carbonyl (C=O) groups is 2. The zero-order valence-corrected chi connectivity index (χ0v) is 14.3. The topological polar surface area (TPSA) is 76.4 Å². The van der Waals surface area contributed by atoms with Gasteiger partial charge in [-0.3, -0.25) is 4.79 Å². The van der Waals surface area contributed by atoms with Crippen LogP contribution in [0.15, 0.2) is 54.6 Å². The first-order valence-electron chi connectivity index (χ1n) is 7.87. The van der Waals surface area contributed by atoms with Crippen molar-refractivity contribution < 1.29 is 27.8 Å². The summed E-state index contributed by atoms with van der Waals surface area (Å²) >= 11 is 0. The number of alkyl halides is 2. The van der Waals surface area contributed by atoms with E-state index >= 15 is 0 Å². The second-order valence-corrected chi connectivity index (χ2v) is 5.41. The quantitative estimate of drug-likeness (QED) is 0.418. The average molecular weight is 371 g/mol. The molecule has 0 saturated heterocycles. The van der Waals surface area contributed by atoms with Crippen LogP contribution in [0.25, 0.3) is 6.08 Å². The van der Waals surface area contributed by atoms with Gasteiger partial charge in [0, 0.05) is 11.6 Å². The molecular formula is C20H15F2NO4. The molecule has 0 unspecified atom stereocenters. The van der Waals surface area contributed by atoms with Crippen molar-refractivity contribution >= 4 is 17.8 Å². The molecule has 0 fully saturated rings. The standard InChI is InChI=1S/C20H15F2NO4/c1-13(19(25)16-7-9-17(10-8-16)27-20(21)22)26-18(24)11-6-14-2-4-15(12-23)5-3-14/h2-11,13,20H,1H3/b11-6+/t13-/m1/s1. The highest BCUT2D eigenvalue weighted by Gasteiger charge is 2.18. The molecule has 0 N–H and O–H groups in total. The first-order valence-corrected chi connectivity index (χ1v) is 7.87. The molecule has 2 aromatic carbocycles. The number of nitrogens with zero attached hydrogens (tertiary/aromatic N) is 1. The van der Waals surface area contributed by atoms with Crippen molar-refractivity contribution in [3.05, 3.63) is 71.3 Å². The first kappa shape index (κ1) is 19.8. The van der Waals surface area contributed by atoms with Crippen molar-refractivity contribution in [1.29, 1.82) is 5.26 Å². The van der Waals surface area contributed by atoms with E-state index < -0.39 is 24.5 Å². The molecule has 0 aliphatic rings. The van der Waals surface area contributed by atoms with E-state index in [-0.39, 0.29) is 11.3 Å². The molecule has 2 aromatic rings. The Kier molecular flexibility index (Phi) is 6.78. The van der Waals surface area contributed by atoms with Crippen LogP contribution in [0.3, 0.4) is 0 Å². The van der Waals surface area contributed by atoms with Crippen LogP contribution in [-0.4, -0.2) is 24.5 Å². The summed E-state index contributed by atoms with van der Waals surface area (Å²) in [5, 5.41) is 8.73. The Labute approximate surface area is 154 Å². The second kappa shape index (κ2) is 9.25. The smallest absolute Gasteiger partial charge is 0.387 e. The Balaban J connectivity index is 1.93. The molecule has 7 heteroatoms. The zero-order chi connectivity index (χ0) is 19.8. The van der Waals surface area contributed by atoms with E-state index in [4.69, 9.17) is 10.00 Å². The van der Waals surface area contributed by atoms with E-state index in [2.05, 4.69) is 4.74 Å². The van der Waals surface area contributed by atoms with Crippen molar-refractivity contribution in [3.63, 3.8) is 0 Å².